The van der Waals surface area contributed by atoms with Crippen LogP contribution in [0.2, 0.25) is 0 Å². The van der Waals surface area contributed by atoms with E-state index in [-0.39, 0.29) is 6.42 Å². The van der Waals surface area contributed by atoms with Gasteiger partial charge in [-0.3, -0.25) is 9.69 Å². The zero-order chi connectivity index (χ0) is 12.0. The number of hydrogen-bond acceptors (Lipinski definition) is 3. The molecule has 0 bridgehead atoms. The van der Waals surface area contributed by atoms with Crippen LogP contribution in [0.25, 0.3) is 0 Å². The Morgan fingerprint density at radius 1 is 1.38 bits per heavy atom. The van der Waals surface area contributed by atoms with Gasteiger partial charge in [0.1, 0.15) is 11.5 Å². The first kappa shape index (κ1) is 12.8. The van der Waals surface area contributed by atoms with Crippen molar-refractivity contribution < 1.29 is 14.3 Å². The van der Waals surface area contributed by atoms with Crippen LogP contribution in [-0.2, 0) is 17.8 Å². The first-order valence-corrected chi connectivity index (χ1v) is 5.67. The minimum atomic E-state index is -0.757. The molecule has 0 amide bonds. The zero-order valence-corrected chi connectivity index (χ0v) is 9.90. The van der Waals surface area contributed by atoms with Crippen LogP contribution in [-0.4, -0.2) is 29.1 Å². The highest BCUT2D eigenvalue weighted by Crippen LogP contribution is 2.11. The highest BCUT2D eigenvalue weighted by molar-refractivity contribution is 5.66. The third kappa shape index (κ3) is 4.06. The summed E-state index contributed by atoms with van der Waals surface area (Å²) in [6, 6.07) is 3.93. The Morgan fingerprint density at radius 2 is 2.06 bits per heavy atom. The van der Waals surface area contributed by atoms with Crippen molar-refractivity contribution in [2.75, 3.05) is 13.1 Å². The summed E-state index contributed by atoms with van der Waals surface area (Å²) in [6.45, 7) is 6.14. The van der Waals surface area contributed by atoms with Gasteiger partial charge < -0.3 is 9.52 Å². The molecule has 16 heavy (non-hydrogen) atoms. The van der Waals surface area contributed by atoms with Gasteiger partial charge in [0.05, 0.1) is 13.0 Å². The van der Waals surface area contributed by atoms with Gasteiger partial charge in [0.25, 0.3) is 0 Å². The smallest absolute Gasteiger partial charge is 0.304 e. The van der Waals surface area contributed by atoms with E-state index in [4.69, 9.17) is 9.52 Å². The maximum atomic E-state index is 10.5. The van der Waals surface area contributed by atoms with Crippen molar-refractivity contribution in [1.82, 2.24) is 4.90 Å². The van der Waals surface area contributed by atoms with Gasteiger partial charge in [-0.2, -0.15) is 0 Å². The second-order valence-electron chi connectivity index (χ2n) is 3.73. The molecule has 0 saturated carbocycles. The van der Waals surface area contributed by atoms with E-state index < -0.39 is 5.97 Å². The van der Waals surface area contributed by atoms with E-state index >= 15 is 0 Å². The van der Waals surface area contributed by atoms with Crippen molar-refractivity contribution in [3.05, 3.63) is 23.7 Å². The van der Waals surface area contributed by atoms with Crippen LogP contribution in [0, 0.1) is 0 Å². The Morgan fingerprint density at radius 3 is 2.56 bits per heavy atom. The Kier molecular flexibility index (Phi) is 5.05. The minimum Gasteiger partial charge on any atom is -0.481 e. The second kappa shape index (κ2) is 6.33. The molecule has 0 aliphatic rings. The van der Waals surface area contributed by atoms with E-state index in [9.17, 15) is 4.79 Å². The summed E-state index contributed by atoms with van der Waals surface area (Å²) in [5.41, 5.74) is 0. The van der Waals surface area contributed by atoms with Crippen LogP contribution < -0.4 is 0 Å². The van der Waals surface area contributed by atoms with Gasteiger partial charge in [-0.1, -0.05) is 13.8 Å². The third-order valence-electron chi connectivity index (χ3n) is 2.53. The van der Waals surface area contributed by atoms with E-state index in [2.05, 4.69) is 4.90 Å². The van der Waals surface area contributed by atoms with E-state index in [1.165, 1.54) is 0 Å². The van der Waals surface area contributed by atoms with Gasteiger partial charge in [-0.15, -0.1) is 0 Å². The molecule has 1 aromatic heterocycles. The number of carboxylic acids is 1. The summed E-state index contributed by atoms with van der Waals surface area (Å²) in [7, 11) is 0. The summed E-state index contributed by atoms with van der Waals surface area (Å²) in [6.07, 6.45) is 1.07. The van der Waals surface area contributed by atoms with Gasteiger partial charge in [-0.05, 0) is 18.7 Å². The number of hydrogen-bond donors (Lipinski definition) is 1. The highest BCUT2D eigenvalue weighted by atomic mass is 16.4. The molecule has 1 heterocycles. The number of nitrogens with zero attached hydrogens (tertiary/aromatic N) is 1. The van der Waals surface area contributed by atoms with Crippen LogP contribution in [0.3, 0.4) is 0 Å². The largest absolute Gasteiger partial charge is 0.481 e. The monoisotopic (exact) mass is 225 g/mol. The molecule has 90 valence electrons. The van der Waals surface area contributed by atoms with Crippen molar-refractivity contribution in [1.29, 1.82) is 0 Å². The lowest BCUT2D eigenvalue weighted by molar-refractivity contribution is -0.137. The van der Waals surface area contributed by atoms with Crippen LogP contribution in [0.5, 0.6) is 0 Å². The van der Waals surface area contributed by atoms with Crippen molar-refractivity contribution in [3.8, 4) is 0 Å². The summed E-state index contributed by atoms with van der Waals surface area (Å²) in [5, 5.41) is 8.62. The van der Waals surface area contributed by atoms with E-state index in [0.717, 1.165) is 24.5 Å². The molecule has 0 atom stereocenters. The van der Waals surface area contributed by atoms with Gasteiger partial charge >= 0.3 is 5.97 Å². The van der Waals surface area contributed by atoms with Crippen LogP contribution >= 0.6 is 0 Å². The number of aryl methyl sites for hydroxylation is 1. The van der Waals surface area contributed by atoms with Crippen molar-refractivity contribution in [2.45, 2.75) is 33.2 Å². The normalized spacial score (nSPS) is 10.9. The number of aliphatic carboxylic acids is 1. The van der Waals surface area contributed by atoms with Gasteiger partial charge in [0.2, 0.25) is 0 Å². The molecule has 1 aromatic rings. The summed E-state index contributed by atoms with van der Waals surface area (Å²) < 4.78 is 5.58. The van der Waals surface area contributed by atoms with Gasteiger partial charge in [0.15, 0.2) is 0 Å². The molecule has 0 aliphatic heterocycles. The Hall–Kier alpha value is -1.29. The lowest BCUT2D eigenvalue weighted by atomic mass is 10.3. The minimum absolute atomic E-state index is 0.176. The quantitative estimate of drug-likeness (QED) is 0.772. The molecule has 0 radical (unpaired) electrons. The first-order chi connectivity index (χ1) is 7.65. The maximum absolute atomic E-state index is 10.5. The van der Waals surface area contributed by atoms with Crippen molar-refractivity contribution in [3.63, 3.8) is 0 Å². The number of furan rings is 1. The van der Waals surface area contributed by atoms with Gasteiger partial charge in [0, 0.05) is 13.0 Å². The lowest BCUT2D eigenvalue weighted by Crippen LogP contribution is -2.25. The molecule has 4 nitrogen and oxygen atoms in total. The fraction of sp³-hybridized carbons (Fsp3) is 0.583. The molecular formula is C12H19NO3. The molecule has 0 unspecified atom stereocenters. The Bertz CT molecular complexity index is 333. The highest BCUT2D eigenvalue weighted by Gasteiger charge is 2.08. The molecule has 0 saturated heterocycles. The Balaban J connectivity index is 2.45. The molecule has 1 N–H and O–H groups in total. The average molecular weight is 225 g/mol. The molecule has 0 aromatic carbocycles. The predicted octanol–water partition coefficient (Wildman–Crippen LogP) is 2.14. The lowest BCUT2D eigenvalue weighted by Gasteiger charge is -2.17. The summed E-state index contributed by atoms with van der Waals surface area (Å²) >= 11 is 0. The molecule has 0 spiro atoms. The molecule has 4 heteroatoms. The molecule has 1 rings (SSSR count). The number of carboxylic acid groups (broad SMARTS) is 1. The van der Waals surface area contributed by atoms with Crippen molar-refractivity contribution in [2.24, 2.45) is 0 Å². The standard InChI is InChI=1S/C12H19NO3/c1-3-10-5-6-11(16-10)9-13(4-2)8-7-12(14)15/h5-6H,3-4,7-9H2,1-2H3,(H,14,15). The third-order valence-corrected chi connectivity index (χ3v) is 2.53. The van der Waals surface area contributed by atoms with Crippen LogP contribution in [0.4, 0.5) is 0 Å². The van der Waals surface area contributed by atoms with E-state index in [0.29, 0.717) is 13.1 Å². The fourth-order valence-corrected chi connectivity index (χ4v) is 1.52. The summed E-state index contributed by atoms with van der Waals surface area (Å²) in [4.78, 5) is 12.5. The maximum Gasteiger partial charge on any atom is 0.304 e. The number of rotatable bonds is 7. The number of carbonyl (C=O) groups is 1. The molecular weight excluding hydrogens is 206 g/mol. The van der Waals surface area contributed by atoms with Crippen molar-refractivity contribution >= 4 is 5.97 Å². The second-order valence-corrected chi connectivity index (χ2v) is 3.73. The van der Waals surface area contributed by atoms with E-state index in [1.807, 2.05) is 26.0 Å². The van der Waals surface area contributed by atoms with Crippen LogP contribution in [0.15, 0.2) is 16.5 Å². The van der Waals surface area contributed by atoms with Crippen LogP contribution in [0.1, 0.15) is 31.8 Å². The molecule has 0 fully saturated rings. The summed E-state index contributed by atoms with van der Waals surface area (Å²) in [5.74, 6) is 1.13. The first-order valence-electron chi connectivity index (χ1n) is 5.67. The predicted molar refractivity (Wildman–Crippen MR) is 61.3 cm³/mol. The topological polar surface area (TPSA) is 53.7 Å². The zero-order valence-electron chi connectivity index (χ0n) is 9.90. The average Bonchev–Trinajstić information content (AvgIpc) is 2.71. The SMILES string of the molecule is CCc1ccc(CN(CC)CCC(=O)O)o1. The molecule has 0 aliphatic carbocycles. The van der Waals surface area contributed by atoms with Gasteiger partial charge in [-0.25, -0.2) is 0 Å². The Labute approximate surface area is 95.9 Å². The van der Waals surface area contributed by atoms with E-state index in [1.54, 1.807) is 0 Å². The fourth-order valence-electron chi connectivity index (χ4n) is 1.52.